The number of nitrogens with two attached hydrogens (primary N) is 1. The zero-order valence-corrected chi connectivity index (χ0v) is 22.2. The third kappa shape index (κ3) is 6.89. The minimum atomic E-state index is -0.949. The maximum absolute atomic E-state index is 13.1. The molecular weight excluding hydrogens is 506 g/mol. The van der Waals surface area contributed by atoms with E-state index in [0.29, 0.717) is 28.1 Å². The Morgan fingerprint density at radius 2 is 1.22 bits per heavy atom. The van der Waals surface area contributed by atoms with Crippen molar-refractivity contribution >= 4 is 46.7 Å². The molecule has 0 radical (unpaired) electrons. The Hall–Kier alpha value is -2.83. The summed E-state index contributed by atoms with van der Waals surface area (Å²) in [6.07, 6.45) is 0.559. The van der Waals surface area contributed by atoms with Gasteiger partial charge in [-0.15, -0.1) is 11.8 Å². The van der Waals surface area contributed by atoms with Gasteiger partial charge in [-0.1, -0.05) is 65.8 Å². The third-order valence-corrected chi connectivity index (χ3v) is 8.01. The number of thioether (sulfide) groups is 1. The van der Waals surface area contributed by atoms with E-state index in [1.165, 1.54) is 0 Å². The van der Waals surface area contributed by atoms with Gasteiger partial charge in [0.15, 0.2) is 11.6 Å². The lowest BCUT2D eigenvalue weighted by atomic mass is 9.90. The molecule has 1 unspecified atom stereocenters. The summed E-state index contributed by atoms with van der Waals surface area (Å²) >= 11 is 9.17. The van der Waals surface area contributed by atoms with Crippen molar-refractivity contribution in [2.45, 2.75) is 33.6 Å². The molecular formula is C30H26ClNO2S2. The molecule has 0 bridgehead atoms. The lowest BCUT2D eigenvalue weighted by molar-refractivity contribution is 0.0898. The Morgan fingerprint density at radius 1 is 0.722 bits per heavy atom. The topological polar surface area (TPSA) is 60.2 Å². The summed E-state index contributed by atoms with van der Waals surface area (Å²) in [5, 5.41) is 0.704. The molecule has 3 nitrogen and oxygen atoms in total. The molecule has 182 valence electrons. The molecule has 2 N–H and O–H groups in total. The first-order valence-electron chi connectivity index (χ1n) is 11.5. The van der Waals surface area contributed by atoms with Crippen LogP contribution in [0, 0.1) is 0 Å². The van der Waals surface area contributed by atoms with E-state index in [4.69, 9.17) is 17.3 Å². The molecule has 0 spiro atoms. The summed E-state index contributed by atoms with van der Waals surface area (Å²) < 4.78 is 0. The van der Waals surface area contributed by atoms with Crippen molar-refractivity contribution in [2.75, 3.05) is 5.75 Å². The van der Waals surface area contributed by atoms with Crippen molar-refractivity contribution in [1.29, 1.82) is 0 Å². The van der Waals surface area contributed by atoms with Gasteiger partial charge in [0.1, 0.15) is 0 Å². The number of benzene rings is 4. The fourth-order valence-corrected chi connectivity index (χ4v) is 5.63. The van der Waals surface area contributed by atoms with Crippen LogP contribution in [-0.4, -0.2) is 22.9 Å². The third-order valence-electron chi connectivity index (χ3n) is 5.73. The first kappa shape index (κ1) is 26.2. The SMILES string of the molecule is CC(N)(CCSc1ccc(Cl)cc1)C(=O)c1ccc(Sc2ccc(C(=O)c3ccccc3)cc2)cc1. The van der Waals surface area contributed by atoms with Gasteiger partial charge in [-0.3, -0.25) is 9.59 Å². The van der Waals surface area contributed by atoms with Crippen LogP contribution >= 0.6 is 35.1 Å². The molecule has 36 heavy (non-hydrogen) atoms. The number of rotatable bonds is 10. The van der Waals surface area contributed by atoms with Gasteiger partial charge in [0.2, 0.25) is 0 Å². The number of hydrogen-bond acceptors (Lipinski definition) is 5. The fraction of sp³-hybridized carbons (Fsp3) is 0.133. The summed E-state index contributed by atoms with van der Waals surface area (Å²) in [6.45, 7) is 1.79. The second kappa shape index (κ2) is 11.9. The van der Waals surface area contributed by atoms with E-state index in [9.17, 15) is 9.59 Å². The largest absolute Gasteiger partial charge is 0.319 e. The smallest absolute Gasteiger partial charge is 0.193 e. The van der Waals surface area contributed by atoms with E-state index in [-0.39, 0.29) is 11.6 Å². The highest BCUT2D eigenvalue weighted by Gasteiger charge is 2.29. The zero-order chi connectivity index (χ0) is 25.5. The molecule has 4 rings (SSSR count). The maximum atomic E-state index is 13.1. The van der Waals surface area contributed by atoms with Gasteiger partial charge in [-0.05, 0) is 74.0 Å². The molecule has 0 saturated heterocycles. The first-order valence-corrected chi connectivity index (χ1v) is 13.7. The van der Waals surface area contributed by atoms with Crippen molar-refractivity contribution in [3.8, 4) is 0 Å². The summed E-state index contributed by atoms with van der Waals surface area (Å²) in [5.74, 6) is 0.669. The minimum absolute atomic E-state index is 0.00594. The average Bonchev–Trinajstić information content (AvgIpc) is 2.90. The predicted molar refractivity (Wildman–Crippen MR) is 151 cm³/mol. The van der Waals surface area contributed by atoms with Gasteiger partial charge in [0.25, 0.3) is 0 Å². The molecule has 0 amide bonds. The summed E-state index contributed by atoms with van der Waals surface area (Å²) in [4.78, 5) is 28.8. The molecule has 0 fully saturated rings. The zero-order valence-electron chi connectivity index (χ0n) is 19.8. The van der Waals surface area contributed by atoms with Crippen LogP contribution in [0.15, 0.2) is 118 Å². The first-order chi connectivity index (χ1) is 17.3. The van der Waals surface area contributed by atoms with Crippen LogP contribution in [0.1, 0.15) is 39.6 Å². The van der Waals surface area contributed by atoms with Crippen LogP contribution in [0.2, 0.25) is 5.02 Å². The van der Waals surface area contributed by atoms with E-state index in [1.807, 2.05) is 103 Å². The van der Waals surface area contributed by atoms with Crippen LogP contribution in [0.5, 0.6) is 0 Å². The van der Waals surface area contributed by atoms with Gasteiger partial charge >= 0.3 is 0 Å². The van der Waals surface area contributed by atoms with Gasteiger partial charge in [-0.25, -0.2) is 0 Å². The molecule has 0 aliphatic rings. The highest BCUT2D eigenvalue weighted by molar-refractivity contribution is 7.99. The van der Waals surface area contributed by atoms with Gasteiger partial charge in [0.05, 0.1) is 5.54 Å². The summed E-state index contributed by atoms with van der Waals surface area (Å²) in [5.41, 5.74) is 7.39. The molecule has 4 aromatic carbocycles. The second-order valence-electron chi connectivity index (χ2n) is 8.64. The molecule has 1 atom stereocenters. The molecule has 0 aliphatic carbocycles. The average molecular weight is 532 g/mol. The van der Waals surface area contributed by atoms with Crippen LogP contribution < -0.4 is 5.73 Å². The summed E-state index contributed by atoms with van der Waals surface area (Å²) in [7, 11) is 0. The van der Waals surface area contributed by atoms with Crippen molar-refractivity contribution in [2.24, 2.45) is 5.73 Å². The van der Waals surface area contributed by atoms with Crippen molar-refractivity contribution in [1.82, 2.24) is 0 Å². The Morgan fingerprint density at radius 3 is 1.81 bits per heavy atom. The molecule has 0 saturated carbocycles. The predicted octanol–water partition coefficient (Wildman–Crippen LogP) is 7.80. The molecule has 0 aliphatic heterocycles. The fourth-order valence-electron chi connectivity index (χ4n) is 3.60. The number of Topliss-reactive ketones (excluding diaryl/α,β-unsaturated/α-hetero) is 1. The monoisotopic (exact) mass is 531 g/mol. The number of carbonyl (C=O) groups excluding carboxylic acids is 2. The second-order valence-corrected chi connectivity index (χ2v) is 11.4. The van der Waals surface area contributed by atoms with E-state index >= 15 is 0 Å². The summed E-state index contributed by atoms with van der Waals surface area (Å²) in [6, 6.07) is 32.0. The van der Waals surface area contributed by atoms with E-state index in [1.54, 1.807) is 30.4 Å². The Bertz CT molecular complexity index is 1320. The van der Waals surface area contributed by atoms with E-state index in [0.717, 1.165) is 20.4 Å². The highest BCUT2D eigenvalue weighted by atomic mass is 35.5. The van der Waals surface area contributed by atoms with Crippen LogP contribution in [0.4, 0.5) is 0 Å². The van der Waals surface area contributed by atoms with Crippen molar-refractivity contribution < 1.29 is 9.59 Å². The van der Waals surface area contributed by atoms with Gasteiger partial charge < -0.3 is 5.73 Å². The Balaban J connectivity index is 1.33. The van der Waals surface area contributed by atoms with Gasteiger partial charge in [0, 0.05) is 42.2 Å². The molecule has 4 aromatic rings. The Labute approximate surface area is 225 Å². The van der Waals surface area contributed by atoms with Crippen molar-refractivity contribution in [3.05, 3.63) is 125 Å². The molecule has 0 heterocycles. The van der Waals surface area contributed by atoms with Crippen molar-refractivity contribution in [3.63, 3.8) is 0 Å². The van der Waals surface area contributed by atoms with E-state index < -0.39 is 5.54 Å². The van der Waals surface area contributed by atoms with Crippen LogP contribution in [0.25, 0.3) is 0 Å². The highest BCUT2D eigenvalue weighted by Crippen LogP contribution is 2.29. The Kier molecular flexibility index (Phi) is 8.70. The molecule has 0 aromatic heterocycles. The number of carbonyl (C=O) groups is 2. The number of halogens is 1. The van der Waals surface area contributed by atoms with Crippen LogP contribution in [-0.2, 0) is 0 Å². The molecule has 6 heteroatoms. The van der Waals surface area contributed by atoms with Crippen LogP contribution in [0.3, 0.4) is 0 Å². The lowest BCUT2D eigenvalue weighted by Gasteiger charge is -2.23. The van der Waals surface area contributed by atoms with Gasteiger partial charge in [-0.2, -0.15) is 0 Å². The quantitative estimate of drug-likeness (QED) is 0.167. The number of ketones is 2. The van der Waals surface area contributed by atoms with E-state index in [2.05, 4.69) is 0 Å². The normalized spacial score (nSPS) is 12.6. The minimum Gasteiger partial charge on any atom is -0.319 e. The standard InChI is InChI=1S/C30H26ClNO2S2/c1-30(32,19-20-35-25-17-11-24(31)12-18-25)29(34)23-9-15-27(16-10-23)36-26-13-7-22(8-14-26)28(33)21-5-3-2-4-6-21/h2-18H,19-20,32H2,1H3. The maximum Gasteiger partial charge on any atom is 0.193 e. The number of hydrogen-bond donors (Lipinski definition) is 1. The lowest BCUT2D eigenvalue weighted by Crippen LogP contribution is -2.45.